The number of carbonyl (C=O) groups excluding carboxylic acids is 1. The van der Waals surface area contributed by atoms with Crippen molar-refractivity contribution in [2.24, 2.45) is 17.0 Å². The highest BCUT2D eigenvalue weighted by Crippen LogP contribution is 2.33. The molecule has 3 atom stereocenters. The summed E-state index contributed by atoms with van der Waals surface area (Å²) in [5.41, 5.74) is 1.28. The second-order valence-electron chi connectivity index (χ2n) is 8.49. The van der Waals surface area contributed by atoms with E-state index in [1.54, 1.807) is 0 Å². The largest absolute Gasteiger partial charge is 0.491 e. The molecule has 3 rings (SSSR count). The second kappa shape index (κ2) is 12.3. The van der Waals surface area contributed by atoms with Crippen molar-refractivity contribution in [2.45, 2.75) is 83.2 Å². The van der Waals surface area contributed by atoms with Crippen LogP contribution in [-0.4, -0.2) is 12.0 Å². The lowest BCUT2D eigenvalue weighted by molar-refractivity contribution is -0.118. The number of amides is 1. The van der Waals surface area contributed by atoms with E-state index in [0.29, 0.717) is 12.3 Å². The number of nitroso groups, excluding NO2 is 1. The number of ether oxygens (including phenoxy) is 1. The van der Waals surface area contributed by atoms with Gasteiger partial charge >= 0.3 is 0 Å². The zero-order chi connectivity index (χ0) is 21.0. The molecule has 3 aliphatic rings. The molecule has 0 saturated heterocycles. The highest BCUT2D eigenvalue weighted by Gasteiger charge is 2.26. The zero-order valence-corrected chi connectivity index (χ0v) is 17.9. The average molecular weight is 408 g/mol. The fourth-order valence-electron chi connectivity index (χ4n) is 4.47. The monoisotopic (exact) mass is 407 g/mol. The lowest BCUT2D eigenvalue weighted by Gasteiger charge is -2.25. The molecule has 0 heterocycles. The summed E-state index contributed by atoms with van der Waals surface area (Å²) in [5, 5.41) is 2.46. The standard InChI is InChI=1S/C26H33NO3/c28-26(27-29)17-9-5-11-21-10-4-6-12-22(19-18-21)23-13-7-8-16-25(20-23)30-24-14-2-1-3-15-24/h2,10,14-15,18-19,22-23,25H,1,3-5,7-9,11,13,16-17,20H2/t22?,23?,25-/m0/s1. The van der Waals surface area contributed by atoms with E-state index in [1.165, 1.54) is 24.8 Å². The molecular formula is C26H33NO3. The van der Waals surface area contributed by atoms with Crippen molar-refractivity contribution in [2.75, 3.05) is 0 Å². The van der Waals surface area contributed by atoms with Gasteiger partial charge < -0.3 is 4.74 Å². The Kier molecular flexibility index (Phi) is 9.15. The Labute approximate surface area is 180 Å². The number of nitrogens with zero attached hydrogens (tertiary/aromatic N) is 1. The van der Waals surface area contributed by atoms with Gasteiger partial charge in [0.15, 0.2) is 0 Å². The molecule has 2 unspecified atom stereocenters. The summed E-state index contributed by atoms with van der Waals surface area (Å²) in [7, 11) is 0. The molecule has 0 aromatic carbocycles. The fraction of sp³-hybridized carbons (Fsp3) is 0.577. The van der Waals surface area contributed by atoms with Crippen molar-refractivity contribution in [3.8, 4) is 11.8 Å². The third-order valence-electron chi connectivity index (χ3n) is 6.15. The van der Waals surface area contributed by atoms with Crippen molar-refractivity contribution in [1.29, 1.82) is 0 Å². The van der Waals surface area contributed by atoms with E-state index in [4.69, 9.17) is 4.74 Å². The summed E-state index contributed by atoms with van der Waals surface area (Å²) in [4.78, 5) is 21.2. The lowest BCUT2D eigenvalue weighted by atomic mass is 9.84. The van der Waals surface area contributed by atoms with Crippen LogP contribution in [0.25, 0.3) is 0 Å². The topological polar surface area (TPSA) is 55.7 Å². The van der Waals surface area contributed by atoms with Gasteiger partial charge in [-0.15, -0.1) is 4.91 Å². The summed E-state index contributed by atoms with van der Waals surface area (Å²) in [6.07, 6.45) is 25.1. The Morgan fingerprint density at radius 1 is 1.13 bits per heavy atom. The molecular weight excluding hydrogens is 374 g/mol. The van der Waals surface area contributed by atoms with Crippen LogP contribution >= 0.6 is 0 Å². The minimum absolute atomic E-state index is 0.248. The molecule has 4 heteroatoms. The third-order valence-corrected chi connectivity index (χ3v) is 6.15. The highest BCUT2D eigenvalue weighted by atomic mass is 16.5. The van der Waals surface area contributed by atoms with E-state index in [9.17, 15) is 9.70 Å². The Hall–Kier alpha value is -2.41. The van der Waals surface area contributed by atoms with Crippen LogP contribution in [0.15, 0.2) is 53.0 Å². The normalized spacial score (nSPS) is 26.2. The summed E-state index contributed by atoms with van der Waals surface area (Å²) < 4.78 is 6.34. The number of carbonyl (C=O) groups is 1. The van der Waals surface area contributed by atoms with Gasteiger partial charge in [0, 0.05) is 23.9 Å². The van der Waals surface area contributed by atoms with Crippen molar-refractivity contribution < 1.29 is 9.53 Å². The predicted molar refractivity (Wildman–Crippen MR) is 120 cm³/mol. The molecule has 0 aliphatic heterocycles. The number of hydrogen-bond acceptors (Lipinski definition) is 3. The number of rotatable bonds is 8. The fourth-order valence-corrected chi connectivity index (χ4v) is 4.47. The van der Waals surface area contributed by atoms with E-state index in [1.807, 2.05) is 0 Å². The molecule has 0 radical (unpaired) electrons. The summed E-state index contributed by atoms with van der Waals surface area (Å²) in [5.74, 6) is 8.14. The maximum Gasteiger partial charge on any atom is 0.286 e. The van der Waals surface area contributed by atoms with E-state index in [0.717, 1.165) is 50.7 Å². The van der Waals surface area contributed by atoms with Crippen molar-refractivity contribution in [3.05, 3.63) is 52.7 Å². The van der Waals surface area contributed by atoms with Gasteiger partial charge in [-0.1, -0.05) is 48.1 Å². The molecule has 160 valence electrons. The van der Waals surface area contributed by atoms with Crippen LogP contribution in [0.3, 0.4) is 0 Å². The highest BCUT2D eigenvalue weighted by molar-refractivity contribution is 5.76. The maximum absolute atomic E-state index is 11.0. The smallest absolute Gasteiger partial charge is 0.286 e. The molecule has 0 N–H and O–H groups in total. The summed E-state index contributed by atoms with van der Waals surface area (Å²) >= 11 is 0. The Morgan fingerprint density at radius 3 is 2.87 bits per heavy atom. The Bertz CT molecular complexity index is 778. The van der Waals surface area contributed by atoms with Crippen LogP contribution in [0.4, 0.5) is 0 Å². The first-order valence-electron chi connectivity index (χ1n) is 11.5. The van der Waals surface area contributed by atoms with Crippen molar-refractivity contribution >= 4 is 5.91 Å². The van der Waals surface area contributed by atoms with Gasteiger partial charge in [-0.2, -0.15) is 0 Å². The Morgan fingerprint density at radius 2 is 2.03 bits per heavy atom. The van der Waals surface area contributed by atoms with Gasteiger partial charge in [-0.25, -0.2) is 0 Å². The minimum Gasteiger partial charge on any atom is -0.491 e. The molecule has 0 spiro atoms. The molecule has 30 heavy (non-hydrogen) atoms. The number of unbranched alkanes of at least 4 members (excludes halogenated alkanes) is 1. The molecule has 1 saturated carbocycles. The molecule has 4 nitrogen and oxygen atoms in total. The van der Waals surface area contributed by atoms with Crippen LogP contribution < -0.4 is 0 Å². The quantitative estimate of drug-likeness (QED) is 0.198. The van der Waals surface area contributed by atoms with Gasteiger partial charge in [-0.05, 0) is 75.9 Å². The van der Waals surface area contributed by atoms with Gasteiger partial charge in [-0.3, -0.25) is 4.79 Å². The van der Waals surface area contributed by atoms with Crippen LogP contribution in [-0.2, 0) is 9.53 Å². The van der Waals surface area contributed by atoms with Crippen LogP contribution in [0.2, 0.25) is 0 Å². The molecule has 1 amide bonds. The molecule has 3 aliphatic carbocycles. The first kappa shape index (κ1) is 22.3. The van der Waals surface area contributed by atoms with E-state index in [-0.39, 0.29) is 18.4 Å². The van der Waals surface area contributed by atoms with Crippen molar-refractivity contribution in [3.63, 3.8) is 0 Å². The SMILES string of the molecule is O=NC(=O)CCCCC1=CCC#CC(C2CCCC[C@H](OC3=CCCC=C3)C2)C=C1. The van der Waals surface area contributed by atoms with Gasteiger partial charge in [0.1, 0.15) is 5.76 Å². The van der Waals surface area contributed by atoms with Crippen molar-refractivity contribution in [1.82, 2.24) is 0 Å². The zero-order valence-electron chi connectivity index (χ0n) is 17.9. The summed E-state index contributed by atoms with van der Waals surface area (Å²) in [6, 6.07) is 0. The minimum atomic E-state index is -0.548. The number of allylic oxidation sites excluding steroid dienone is 7. The first-order chi connectivity index (χ1) is 14.7. The van der Waals surface area contributed by atoms with Crippen LogP contribution in [0.1, 0.15) is 77.0 Å². The first-order valence-corrected chi connectivity index (χ1v) is 11.5. The van der Waals surface area contributed by atoms with Crippen LogP contribution in [0.5, 0.6) is 0 Å². The van der Waals surface area contributed by atoms with Crippen LogP contribution in [0, 0.1) is 28.6 Å². The second-order valence-corrected chi connectivity index (χ2v) is 8.49. The maximum atomic E-state index is 11.0. The Balaban J connectivity index is 1.55. The average Bonchev–Trinajstić information content (AvgIpc) is 2.98. The predicted octanol–water partition coefficient (Wildman–Crippen LogP) is 6.55. The van der Waals surface area contributed by atoms with E-state index < -0.39 is 5.91 Å². The lowest BCUT2D eigenvalue weighted by Crippen LogP contribution is -2.20. The van der Waals surface area contributed by atoms with E-state index in [2.05, 4.69) is 53.5 Å². The molecule has 0 aromatic rings. The molecule has 1 fully saturated rings. The van der Waals surface area contributed by atoms with Gasteiger partial charge in [0.25, 0.3) is 5.91 Å². The van der Waals surface area contributed by atoms with Gasteiger partial charge in [0.2, 0.25) is 0 Å². The van der Waals surface area contributed by atoms with Gasteiger partial charge in [0.05, 0.1) is 6.10 Å². The molecule has 0 aromatic heterocycles. The summed E-state index contributed by atoms with van der Waals surface area (Å²) in [6.45, 7) is 0. The molecule has 0 bridgehead atoms. The van der Waals surface area contributed by atoms with E-state index >= 15 is 0 Å². The number of hydrogen-bond donors (Lipinski definition) is 0. The third kappa shape index (κ3) is 7.44.